The molecule has 78 valence electrons. The minimum absolute atomic E-state index is 0.161. The van der Waals surface area contributed by atoms with E-state index in [9.17, 15) is 4.79 Å². The van der Waals surface area contributed by atoms with Crippen LogP contribution in [0.15, 0.2) is 18.2 Å². The zero-order valence-corrected chi connectivity index (χ0v) is 8.78. The van der Waals surface area contributed by atoms with E-state index in [4.69, 9.17) is 27.3 Å². The van der Waals surface area contributed by atoms with Crippen LogP contribution in [0.4, 0.5) is 5.69 Å². The Bertz CT molecular complexity index is 426. The molecule has 4 nitrogen and oxygen atoms in total. The summed E-state index contributed by atoms with van der Waals surface area (Å²) in [6.45, 7) is 1.47. The van der Waals surface area contributed by atoms with Crippen LogP contribution in [-0.2, 0) is 4.74 Å². The molecule has 0 aliphatic carbocycles. The number of carbonyl (C=O) groups is 1. The van der Waals surface area contributed by atoms with E-state index in [1.807, 2.05) is 0 Å². The van der Waals surface area contributed by atoms with Crippen molar-refractivity contribution in [1.82, 2.24) is 0 Å². The van der Waals surface area contributed by atoms with Crippen molar-refractivity contribution in [2.45, 2.75) is 13.0 Å². The van der Waals surface area contributed by atoms with Gasteiger partial charge in [-0.3, -0.25) is 0 Å². The molecular weight excluding hydrogens is 216 g/mol. The number of hydrogen-bond donors (Lipinski definition) is 1. The van der Waals surface area contributed by atoms with Gasteiger partial charge in [-0.05, 0) is 19.1 Å². The fourth-order valence-corrected chi connectivity index (χ4v) is 1.14. The molecule has 0 heterocycles. The SMILES string of the molecule is CC(C#N)OC(=O)c1cccc(Cl)c1N. The zero-order valence-electron chi connectivity index (χ0n) is 8.03. The fourth-order valence-electron chi connectivity index (χ4n) is 0.965. The summed E-state index contributed by atoms with van der Waals surface area (Å²) in [5.74, 6) is -0.649. The number of ether oxygens (including phenoxy) is 1. The van der Waals surface area contributed by atoms with Crippen LogP contribution in [0.25, 0.3) is 0 Å². The van der Waals surface area contributed by atoms with Gasteiger partial charge in [-0.1, -0.05) is 17.7 Å². The normalized spacial score (nSPS) is 11.5. The Kier molecular flexibility index (Phi) is 3.53. The van der Waals surface area contributed by atoms with Crippen molar-refractivity contribution in [3.63, 3.8) is 0 Å². The van der Waals surface area contributed by atoms with Crippen LogP contribution in [0.5, 0.6) is 0 Å². The molecule has 0 radical (unpaired) electrons. The van der Waals surface area contributed by atoms with Gasteiger partial charge in [-0.15, -0.1) is 0 Å². The lowest BCUT2D eigenvalue weighted by Crippen LogP contribution is -2.14. The number of rotatable bonds is 2. The zero-order chi connectivity index (χ0) is 11.4. The first-order chi connectivity index (χ1) is 7.06. The number of nitrogens with zero attached hydrogens (tertiary/aromatic N) is 1. The summed E-state index contributed by atoms with van der Waals surface area (Å²) in [5, 5.41) is 8.76. The van der Waals surface area contributed by atoms with Crippen molar-refractivity contribution in [2.75, 3.05) is 5.73 Å². The van der Waals surface area contributed by atoms with Gasteiger partial charge in [0.1, 0.15) is 6.07 Å². The van der Waals surface area contributed by atoms with Crippen LogP contribution in [0, 0.1) is 11.3 Å². The number of nitrogens with two attached hydrogens (primary N) is 1. The Labute approximate surface area is 92.2 Å². The molecule has 0 aromatic heterocycles. The molecule has 0 saturated carbocycles. The molecular formula is C10H9ClN2O2. The van der Waals surface area contributed by atoms with Gasteiger partial charge in [-0.25, -0.2) is 4.79 Å². The lowest BCUT2D eigenvalue weighted by molar-refractivity contribution is 0.0437. The number of halogens is 1. The quantitative estimate of drug-likeness (QED) is 0.616. The smallest absolute Gasteiger partial charge is 0.341 e. The van der Waals surface area contributed by atoms with Gasteiger partial charge in [0.25, 0.3) is 0 Å². The van der Waals surface area contributed by atoms with E-state index < -0.39 is 12.1 Å². The molecule has 1 rings (SSSR count). The number of nitrogen functional groups attached to an aromatic ring is 1. The molecule has 0 aliphatic heterocycles. The Balaban J connectivity index is 2.93. The second-order valence-corrected chi connectivity index (χ2v) is 3.28. The maximum Gasteiger partial charge on any atom is 0.341 e. The van der Waals surface area contributed by atoms with Crippen LogP contribution in [0.2, 0.25) is 5.02 Å². The van der Waals surface area contributed by atoms with Gasteiger partial charge in [0.15, 0.2) is 6.10 Å². The molecule has 1 aromatic rings. The lowest BCUT2D eigenvalue weighted by atomic mass is 10.2. The highest BCUT2D eigenvalue weighted by Crippen LogP contribution is 2.23. The van der Waals surface area contributed by atoms with E-state index >= 15 is 0 Å². The Morgan fingerprint density at radius 3 is 2.93 bits per heavy atom. The second-order valence-electron chi connectivity index (χ2n) is 2.88. The average Bonchev–Trinajstić information content (AvgIpc) is 2.21. The molecule has 0 fully saturated rings. The van der Waals surface area contributed by atoms with E-state index in [0.717, 1.165) is 0 Å². The van der Waals surface area contributed by atoms with E-state index in [-0.39, 0.29) is 16.3 Å². The monoisotopic (exact) mass is 224 g/mol. The third-order valence-corrected chi connectivity index (χ3v) is 2.07. The average molecular weight is 225 g/mol. The standard InChI is InChI=1S/C10H9ClN2O2/c1-6(5-12)15-10(14)7-3-2-4-8(11)9(7)13/h2-4,6H,13H2,1H3. The highest BCUT2D eigenvalue weighted by atomic mass is 35.5. The van der Waals surface area contributed by atoms with E-state index in [1.165, 1.54) is 13.0 Å². The second kappa shape index (κ2) is 4.67. The molecule has 0 spiro atoms. The topological polar surface area (TPSA) is 76.1 Å². The summed E-state index contributed by atoms with van der Waals surface area (Å²) in [6, 6.07) is 6.44. The van der Waals surface area contributed by atoms with Crippen LogP contribution in [-0.4, -0.2) is 12.1 Å². The molecule has 0 saturated heterocycles. The molecule has 1 unspecified atom stereocenters. The lowest BCUT2D eigenvalue weighted by Gasteiger charge is -2.08. The van der Waals surface area contributed by atoms with Crippen LogP contribution >= 0.6 is 11.6 Å². The summed E-state index contributed by atoms with van der Waals surface area (Å²) in [7, 11) is 0. The number of hydrogen-bond acceptors (Lipinski definition) is 4. The third-order valence-electron chi connectivity index (χ3n) is 1.74. The molecule has 0 bridgehead atoms. The molecule has 0 amide bonds. The summed E-state index contributed by atoms with van der Waals surface area (Å²) >= 11 is 5.73. The van der Waals surface area contributed by atoms with Gasteiger partial charge in [0.05, 0.1) is 16.3 Å². The van der Waals surface area contributed by atoms with Crippen molar-refractivity contribution in [3.8, 4) is 6.07 Å². The van der Waals surface area contributed by atoms with Gasteiger partial charge >= 0.3 is 5.97 Å². The minimum atomic E-state index is -0.809. The van der Waals surface area contributed by atoms with Gasteiger partial charge < -0.3 is 10.5 Å². The fraction of sp³-hybridized carbons (Fsp3) is 0.200. The van der Waals surface area contributed by atoms with E-state index in [2.05, 4.69) is 0 Å². The highest BCUT2D eigenvalue weighted by Gasteiger charge is 2.15. The number of anilines is 1. The van der Waals surface area contributed by atoms with Crippen molar-refractivity contribution < 1.29 is 9.53 Å². The maximum absolute atomic E-state index is 11.5. The van der Waals surface area contributed by atoms with Gasteiger partial charge in [0.2, 0.25) is 0 Å². The number of benzene rings is 1. The van der Waals surface area contributed by atoms with E-state index in [0.29, 0.717) is 0 Å². The first-order valence-electron chi connectivity index (χ1n) is 4.21. The minimum Gasteiger partial charge on any atom is -0.444 e. The Morgan fingerprint density at radius 1 is 1.67 bits per heavy atom. The summed E-state index contributed by atoms with van der Waals surface area (Å²) in [6.07, 6.45) is -0.809. The summed E-state index contributed by atoms with van der Waals surface area (Å²) in [5.41, 5.74) is 5.92. The maximum atomic E-state index is 11.5. The third kappa shape index (κ3) is 2.61. The van der Waals surface area contributed by atoms with Crippen molar-refractivity contribution in [2.24, 2.45) is 0 Å². The Morgan fingerprint density at radius 2 is 2.33 bits per heavy atom. The number of carbonyl (C=O) groups excluding carboxylic acids is 1. The van der Waals surface area contributed by atoms with Crippen LogP contribution in [0.3, 0.4) is 0 Å². The molecule has 0 aliphatic rings. The molecule has 5 heteroatoms. The predicted molar refractivity (Wildman–Crippen MR) is 56.4 cm³/mol. The predicted octanol–water partition coefficient (Wildman–Crippen LogP) is 1.99. The van der Waals surface area contributed by atoms with Crippen LogP contribution < -0.4 is 5.73 Å². The largest absolute Gasteiger partial charge is 0.444 e. The number of nitriles is 1. The molecule has 2 N–H and O–H groups in total. The molecule has 15 heavy (non-hydrogen) atoms. The highest BCUT2D eigenvalue weighted by molar-refractivity contribution is 6.33. The number of esters is 1. The summed E-state index contributed by atoms with van der Waals surface area (Å²) < 4.78 is 4.78. The molecule has 1 aromatic carbocycles. The van der Waals surface area contributed by atoms with Gasteiger partial charge in [-0.2, -0.15) is 5.26 Å². The van der Waals surface area contributed by atoms with E-state index in [1.54, 1.807) is 18.2 Å². The molecule has 1 atom stereocenters. The van der Waals surface area contributed by atoms with Gasteiger partial charge in [0, 0.05) is 0 Å². The first-order valence-corrected chi connectivity index (χ1v) is 4.58. The van der Waals surface area contributed by atoms with Crippen molar-refractivity contribution in [3.05, 3.63) is 28.8 Å². The van der Waals surface area contributed by atoms with Crippen LogP contribution in [0.1, 0.15) is 17.3 Å². The van der Waals surface area contributed by atoms with Crippen molar-refractivity contribution >= 4 is 23.3 Å². The Hall–Kier alpha value is -1.73. The van der Waals surface area contributed by atoms with Crippen molar-refractivity contribution in [1.29, 1.82) is 5.26 Å². The first kappa shape index (κ1) is 11.3. The summed E-state index contributed by atoms with van der Waals surface area (Å²) in [4.78, 5) is 11.5. The number of para-hydroxylation sites is 1.